The number of nitrogens with zero attached hydrogens (tertiary/aromatic N) is 4. The summed E-state index contributed by atoms with van der Waals surface area (Å²) in [6, 6.07) is 10.0. The molecular weight excluding hydrogens is 383 g/mol. The number of pyridine rings is 1. The summed E-state index contributed by atoms with van der Waals surface area (Å²) in [5.74, 6) is 0.151. The molecule has 0 saturated heterocycles. The van der Waals surface area contributed by atoms with Gasteiger partial charge in [0.25, 0.3) is 0 Å². The number of halogens is 1. The van der Waals surface area contributed by atoms with Gasteiger partial charge in [-0.25, -0.2) is 4.39 Å². The Balaban J connectivity index is 1.92. The number of rotatable bonds is 5. The van der Waals surface area contributed by atoms with Gasteiger partial charge in [0, 0.05) is 42.9 Å². The summed E-state index contributed by atoms with van der Waals surface area (Å²) in [5.41, 5.74) is 4.31. The van der Waals surface area contributed by atoms with Crippen molar-refractivity contribution in [2.45, 2.75) is 0 Å². The Hall–Kier alpha value is -4.12. The molecule has 0 aliphatic rings. The number of nitriles is 1. The zero-order valence-corrected chi connectivity index (χ0v) is 16.7. The standard InChI is InChI=1S/C22H19FN6O/c1-25-20-11-26-19-8-21(30-3)15(14-10-27-29(2)12-14)7-16(19)22(20)28-18-5-4-13(9-24)6-17(18)23/h4-8,10-12,25H,1-3H3,(H,26,28). The highest BCUT2D eigenvalue weighted by Gasteiger charge is 2.16. The fraction of sp³-hybridized carbons (Fsp3) is 0.136. The molecule has 0 unspecified atom stereocenters. The number of aromatic nitrogens is 3. The van der Waals surface area contributed by atoms with Crippen molar-refractivity contribution in [3.8, 4) is 22.9 Å². The molecule has 0 bridgehead atoms. The van der Waals surface area contributed by atoms with Crippen LogP contribution < -0.4 is 15.4 Å². The average Bonchev–Trinajstić information content (AvgIpc) is 3.20. The molecule has 30 heavy (non-hydrogen) atoms. The molecule has 0 atom stereocenters. The number of hydrogen-bond donors (Lipinski definition) is 2. The third kappa shape index (κ3) is 3.37. The summed E-state index contributed by atoms with van der Waals surface area (Å²) < 4.78 is 21.8. The molecule has 0 aliphatic carbocycles. The van der Waals surface area contributed by atoms with Crippen molar-refractivity contribution < 1.29 is 9.13 Å². The molecule has 0 fully saturated rings. The predicted molar refractivity (Wildman–Crippen MR) is 114 cm³/mol. The molecule has 2 heterocycles. The van der Waals surface area contributed by atoms with Crippen molar-refractivity contribution in [1.29, 1.82) is 5.26 Å². The van der Waals surface area contributed by atoms with Gasteiger partial charge in [-0.15, -0.1) is 0 Å². The number of benzene rings is 2. The van der Waals surface area contributed by atoms with Gasteiger partial charge < -0.3 is 15.4 Å². The molecule has 150 valence electrons. The lowest BCUT2D eigenvalue weighted by Crippen LogP contribution is -2.02. The molecule has 2 N–H and O–H groups in total. The van der Waals surface area contributed by atoms with Crippen LogP contribution >= 0.6 is 0 Å². The Morgan fingerprint density at radius 2 is 2.00 bits per heavy atom. The van der Waals surface area contributed by atoms with Crippen LogP contribution in [0.15, 0.2) is 48.9 Å². The maximum absolute atomic E-state index is 14.5. The Labute approximate surface area is 172 Å². The lowest BCUT2D eigenvalue weighted by Gasteiger charge is -2.17. The molecule has 7 nitrogen and oxygen atoms in total. The van der Waals surface area contributed by atoms with Crippen LogP contribution in [-0.2, 0) is 7.05 Å². The van der Waals surface area contributed by atoms with E-state index in [2.05, 4.69) is 20.7 Å². The number of methoxy groups -OCH3 is 1. The molecular formula is C22H19FN6O. The third-order valence-corrected chi connectivity index (χ3v) is 4.83. The number of aryl methyl sites for hydroxylation is 1. The van der Waals surface area contributed by atoms with Gasteiger partial charge in [-0.05, 0) is 24.3 Å². The normalized spacial score (nSPS) is 10.6. The highest BCUT2D eigenvalue weighted by molar-refractivity contribution is 6.02. The van der Waals surface area contributed by atoms with Gasteiger partial charge in [0.1, 0.15) is 11.6 Å². The summed E-state index contributed by atoms with van der Waals surface area (Å²) in [6.45, 7) is 0. The summed E-state index contributed by atoms with van der Waals surface area (Å²) in [4.78, 5) is 4.51. The molecule has 0 aliphatic heterocycles. The zero-order valence-electron chi connectivity index (χ0n) is 16.7. The molecule has 8 heteroatoms. The van der Waals surface area contributed by atoms with Crippen molar-refractivity contribution in [2.75, 3.05) is 24.8 Å². The van der Waals surface area contributed by atoms with E-state index in [0.29, 0.717) is 22.6 Å². The Kier molecular flexibility index (Phi) is 4.94. The van der Waals surface area contributed by atoms with E-state index in [1.54, 1.807) is 43.4 Å². The topological polar surface area (TPSA) is 87.8 Å². The molecule has 0 spiro atoms. The van der Waals surface area contributed by atoms with Crippen LogP contribution in [0.5, 0.6) is 5.75 Å². The smallest absolute Gasteiger partial charge is 0.147 e. The SMILES string of the molecule is CNc1cnc2cc(OC)c(-c3cnn(C)c3)cc2c1Nc1ccc(C#N)cc1F. The van der Waals surface area contributed by atoms with E-state index in [4.69, 9.17) is 10.00 Å². The van der Waals surface area contributed by atoms with E-state index in [0.717, 1.165) is 16.5 Å². The monoisotopic (exact) mass is 402 g/mol. The summed E-state index contributed by atoms with van der Waals surface area (Å²) in [5, 5.41) is 20.3. The van der Waals surface area contributed by atoms with E-state index in [9.17, 15) is 4.39 Å². The van der Waals surface area contributed by atoms with Gasteiger partial charge in [0.15, 0.2) is 0 Å². The number of anilines is 3. The summed E-state index contributed by atoms with van der Waals surface area (Å²) in [7, 11) is 5.22. The number of fused-ring (bicyclic) bond motifs is 1. The van der Waals surface area contributed by atoms with Gasteiger partial charge in [-0.3, -0.25) is 9.67 Å². The maximum atomic E-state index is 14.5. The largest absolute Gasteiger partial charge is 0.496 e. The minimum Gasteiger partial charge on any atom is -0.496 e. The van der Waals surface area contributed by atoms with Crippen LogP contribution in [0.4, 0.5) is 21.5 Å². The first-order valence-corrected chi connectivity index (χ1v) is 9.18. The maximum Gasteiger partial charge on any atom is 0.147 e. The first-order chi connectivity index (χ1) is 14.5. The molecule has 0 saturated carbocycles. The fourth-order valence-corrected chi connectivity index (χ4v) is 3.32. The van der Waals surface area contributed by atoms with Crippen LogP contribution in [0.2, 0.25) is 0 Å². The molecule has 4 rings (SSSR count). The first-order valence-electron chi connectivity index (χ1n) is 9.18. The highest BCUT2D eigenvalue weighted by Crippen LogP contribution is 2.39. The van der Waals surface area contributed by atoms with E-state index in [1.165, 1.54) is 6.07 Å². The van der Waals surface area contributed by atoms with Gasteiger partial charge >= 0.3 is 0 Å². The van der Waals surface area contributed by atoms with Gasteiger partial charge in [-0.1, -0.05) is 0 Å². The molecule has 0 amide bonds. The summed E-state index contributed by atoms with van der Waals surface area (Å²) in [6.07, 6.45) is 5.33. The van der Waals surface area contributed by atoms with Crippen LogP contribution in [0, 0.1) is 17.1 Å². The van der Waals surface area contributed by atoms with Crippen molar-refractivity contribution in [3.05, 3.63) is 60.3 Å². The van der Waals surface area contributed by atoms with E-state index in [-0.39, 0.29) is 11.3 Å². The van der Waals surface area contributed by atoms with E-state index < -0.39 is 5.82 Å². The third-order valence-electron chi connectivity index (χ3n) is 4.83. The Morgan fingerprint density at radius 3 is 2.63 bits per heavy atom. The van der Waals surface area contributed by atoms with Gasteiger partial charge in [-0.2, -0.15) is 10.4 Å². The quantitative estimate of drug-likeness (QED) is 0.513. The second kappa shape index (κ2) is 7.72. The second-order valence-electron chi connectivity index (χ2n) is 6.70. The Bertz CT molecular complexity index is 1290. The van der Waals surface area contributed by atoms with Crippen molar-refractivity contribution >= 4 is 28.0 Å². The Morgan fingerprint density at radius 1 is 1.17 bits per heavy atom. The lowest BCUT2D eigenvalue weighted by atomic mass is 10.0. The molecule has 2 aromatic carbocycles. The van der Waals surface area contributed by atoms with Crippen molar-refractivity contribution in [3.63, 3.8) is 0 Å². The summed E-state index contributed by atoms with van der Waals surface area (Å²) >= 11 is 0. The second-order valence-corrected chi connectivity index (χ2v) is 6.70. The van der Waals surface area contributed by atoms with Gasteiger partial charge in [0.2, 0.25) is 0 Å². The number of nitrogens with one attached hydrogen (secondary N) is 2. The number of ether oxygens (including phenoxy) is 1. The molecule has 4 aromatic rings. The van der Waals surface area contributed by atoms with E-state index in [1.807, 2.05) is 31.4 Å². The van der Waals surface area contributed by atoms with Crippen LogP contribution in [0.3, 0.4) is 0 Å². The van der Waals surface area contributed by atoms with Crippen LogP contribution in [0.25, 0.3) is 22.0 Å². The van der Waals surface area contributed by atoms with E-state index >= 15 is 0 Å². The van der Waals surface area contributed by atoms with Crippen molar-refractivity contribution in [1.82, 2.24) is 14.8 Å². The molecule has 0 radical (unpaired) electrons. The van der Waals surface area contributed by atoms with Crippen LogP contribution in [-0.4, -0.2) is 28.9 Å². The van der Waals surface area contributed by atoms with Gasteiger partial charge in [0.05, 0.1) is 53.7 Å². The minimum absolute atomic E-state index is 0.259. The predicted octanol–water partition coefficient (Wildman–Crippen LogP) is 4.44. The lowest BCUT2D eigenvalue weighted by molar-refractivity contribution is 0.417. The highest BCUT2D eigenvalue weighted by atomic mass is 19.1. The average molecular weight is 402 g/mol. The fourth-order valence-electron chi connectivity index (χ4n) is 3.32. The first kappa shape index (κ1) is 19.2. The molecule has 2 aromatic heterocycles. The number of hydrogen-bond acceptors (Lipinski definition) is 6. The zero-order chi connectivity index (χ0) is 21.3. The van der Waals surface area contributed by atoms with Crippen molar-refractivity contribution in [2.24, 2.45) is 7.05 Å². The minimum atomic E-state index is -0.512. The van der Waals surface area contributed by atoms with Crippen LogP contribution in [0.1, 0.15) is 5.56 Å².